The summed E-state index contributed by atoms with van der Waals surface area (Å²) in [7, 11) is 0. The fourth-order valence-corrected chi connectivity index (χ4v) is 2.56. The highest BCUT2D eigenvalue weighted by Crippen LogP contribution is 2.32. The molecule has 1 aromatic rings. The molecule has 0 bridgehead atoms. The Morgan fingerprint density at radius 3 is 2.50 bits per heavy atom. The summed E-state index contributed by atoms with van der Waals surface area (Å²) in [5, 5.41) is 8.72. The quantitative estimate of drug-likeness (QED) is 0.883. The molecule has 1 fully saturated rings. The zero-order valence-corrected chi connectivity index (χ0v) is 10.3. The van der Waals surface area contributed by atoms with E-state index in [2.05, 4.69) is 6.92 Å². The predicted octanol–water partition coefficient (Wildman–Crippen LogP) is 2.90. The molecule has 0 amide bonds. The van der Waals surface area contributed by atoms with E-state index in [1.807, 2.05) is 6.92 Å². The van der Waals surface area contributed by atoms with Gasteiger partial charge in [-0.1, -0.05) is 6.92 Å². The first-order valence-electron chi connectivity index (χ1n) is 5.89. The topological polar surface area (TPSA) is 40.5 Å². The Labute approximate surface area is 104 Å². The van der Waals surface area contributed by atoms with Crippen molar-refractivity contribution in [2.75, 3.05) is 11.4 Å². The first-order valence-corrected chi connectivity index (χ1v) is 5.89. The Bertz CT molecular complexity index is 490. The summed E-state index contributed by atoms with van der Waals surface area (Å²) in [4.78, 5) is 12.5. The molecule has 0 spiro atoms. The van der Waals surface area contributed by atoms with Crippen LogP contribution in [0, 0.1) is 17.6 Å². The lowest BCUT2D eigenvalue weighted by Gasteiger charge is -2.24. The number of anilines is 1. The molecule has 2 atom stereocenters. The van der Waals surface area contributed by atoms with Crippen molar-refractivity contribution in [1.29, 1.82) is 0 Å². The molecule has 1 saturated heterocycles. The lowest BCUT2D eigenvalue weighted by atomic mass is 10.1. The van der Waals surface area contributed by atoms with E-state index < -0.39 is 23.2 Å². The zero-order valence-electron chi connectivity index (χ0n) is 10.3. The molecule has 1 aliphatic heterocycles. The van der Waals surface area contributed by atoms with Gasteiger partial charge in [-0.3, -0.25) is 0 Å². The number of hydrogen-bond acceptors (Lipinski definition) is 2. The minimum atomic E-state index is -1.46. The van der Waals surface area contributed by atoms with Crippen molar-refractivity contribution >= 4 is 11.7 Å². The molecule has 0 radical (unpaired) electrons. The molecule has 98 valence electrons. The zero-order chi connectivity index (χ0) is 13.4. The van der Waals surface area contributed by atoms with E-state index in [9.17, 15) is 13.6 Å². The number of rotatable bonds is 2. The van der Waals surface area contributed by atoms with Gasteiger partial charge in [-0.15, -0.1) is 0 Å². The molecule has 1 aromatic carbocycles. The van der Waals surface area contributed by atoms with Crippen molar-refractivity contribution in [2.45, 2.75) is 26.3 Å². The Kier molecular flexibility index (Phi) is 3.24. The second-order valence-electron chi connectivity index (χ2n) is 4.91. The third-order valence-electron chi connectivity index (χ3n) is 3.39. The van der Waals surface area contributed by atoms with Crippen molar-refractivity contribution in [3.63, 3.8) is 0 Å². The molecule has 3 nitrogen and oxygen atoms in total. The van der Waals surface area contributed by atoms with Crippen molar-refractivity contribution in [3.05, 3.63) is 29.3 Å². The van der Waals surface area contributed by atoms with Crippen molar-refractivity contribution in [1.82, 2.24) is 0 Å². The maximum atomic E-state index is 13.9. The number of nitrogens with zero attached hydrogens (tertiary/aromatic N) is 1. The van der Waals surface area contributed by atoms with Crippen LogP contribution in [0.15, 0.2) is 12.1 Å². The molecule has 0 aliphatic carbocycles. The van der Waals surface area contributed by atoms with E-state index in [0.29, 0.717) is 12.5 Å². The van der Waals surface area contributed by atoms with Gasteiger partial charge in [-0.25, -0.2) is 13.6 Å². The average molecular weight is 255 g/mol. The van der Waals surface area contributed by atoms with Crippen molar-refractivity contribution < 1.29 is 18.7 Å². The van der Waals surface area contributed by atoms with Gasteiger partial charge in [-0.2, -0.15) is 0 Å². The maximum absolute atomic E-state index is 13.9. The van der Waals surface area contributed by atoms with Gasteiger partial charge in [0.05, 0.1) is 11.3 Å². The van der Waals surface area contributed by atoms with E-state index in [-0.39, 0.29) is 11.7 Å². The first-order chi connectivity index (χ1) is 8.41. The molecule has 2 unspecified atom stereocenters. The number of halogens is 2. The van der Waals surface area contributed by atoms with Gasteiger partial charge in [0.2, 0.25) is 0 Å². The number of hydrogen-bond donors (Lipinski definition) is 1. The second-order valence-corrected chi connectivity index (χ2v) is 4.91. The summed E-state index contributed by atoms with van der Waals surface area (Å²) in [5.41, 5.74) is -0.481. The molecule has 18 heavy (non-hydrogen) atoms. The van der Waals surface area contributed by atoms with Crippen LogP contribution in [0.25, 0.3) is 0 Å². The Morgan fingerprint density at radius 1 is 1.33 bits per heavy atom. The van der Waals surface area contributed by atoms with Crippen LogP contribution in [0.2, 0.25) is 0 Å². The third-order valence-corrected chi connectivity index (χ3v) is 3.39. The molecule has 1 aliphatic rings. The van der Waals surface area contributed by atoms with Gasteiger partial charge in [-0.05, 0) is 31.4 Å². The molecule has 0 aromatic heterocycles. The molecule has 1 N–H and O–H groups in total. The Morgan fingerprint density at radius 2 is 2.00 bits per heavy atom. The van der Waals surface area contributed by atoms with Crippen molar-refractivity contribution in [2.24, 2.45) is 5.92 Å². The van der Waals surface area contributed by atoms with Crippen LogP contribution in [0.4, 0.5) is 14.5 Å². The smallest absolute Gasteiger partial charge is 0.338 e. The highest BCUT2D eigenvalue weighted by molar-refractivity contribution is 5.88. The Hall–Kier alpha value is -1.65. The van der Waals surface area contributed by atoms with Crippen LogP contribution >= 0.6 is 0 Å². The molecular formula is C13H15F2NO2. The van der Waals surface area contributed by atoms with E-state index in [4.69, 9.17) is 5.11 Å². The number of aromatic carboxylic acids is 1. The lowest BCUT2D eigenvalue weighted by Crippen LogP contribution is -2.28. The van der Waals surface area contributed by atoms with E-state index in [1.54, 1.807) is 4.90 Å². The van der Waals surface area contributed by atoms with Gasteiger partial charge in [0, 0.05) is 12.6 Å². The highest BCUT2D eigenvalue weighted by Gasteiger charge is 2.30. The molecule has 0 saturated carbocycles. The lowest BCUT2D eigenvalue weighted by molar-refractivity contribution is 0.0690. The Balaban J connectivity index is 2.41. The SMILES string of the molecule is CC1CC(C)N(c2ccc(C(=O)O)c(F)c2F)C1. The minimum absolute atomic E-state index is 0.129. The fraction of sp³-hybridized carbons (Fsp3) is 0.462. The van der Waals surface area contributed by atoms with Crippen LogP contribution in [0.3, 0.4) is 0 Å². The summed E-state index contributed by atoms with van der Waals surface area (Å²) < 4.78 is 27.5. The van der Waals surface area contributed by atoms with E-state index >= 15 is 0 Å². The normalized spacial score (nSPS) is 23.4. The standard InChI is InChI=1S/C13H15F2NO2/c1-7-5-8(2)16(6-7)10-4-3-9(13(17)18)11(14)12(10)15/h3-4,7-8H,5-6H2,1-2H3,(H,17,18). The first kappa shape index (κ1) is 12.8. The maximum Gasteiger partial charge on any atom is 0.338 e. The molecule has 2 rings (SSSR count). The minimum Gasteiger partial charge on any atom is -0.478 e. The van der Waals surface area contributed by atoms with Gasteiger partial charge >= 0.3 is 5.97 Å². The highest BCUT2D eigenvalue weighted by atomic mass is 19.2. The van der Waals surface area contributed by atoms with Gasteiger partial charge < -0.3 is 10.0 Å². The third kappa shape index (κ3) is 2.05. The van der Waals surface area contributed by atoms with Crippen LogP contribution in [-0.2, 0) is 0 Å². The van der Waals surface area contributed by atoms with Gasteiger partial charge in [0.15, 0.2) is 11.6 Å². The molecular weight excluding hydrogens is 240 g/mol. The van der Waals surface area contributed by atoms with E-state index in [1.165, 1.54) is 6.07 Å². The predicted molar refractivity (Wildman–Crippen MR) is 63.9 cm³/mol. The average Bonchev–Trinajstić information content (AvgIpc) is 2.61. The largest absolute Gasteiger partial charge is 0.478 e. The molecule has 5 heteroatoms. The number of carbonyl (C=O) groups is 1. The summed E-state index contributed by atoms with van der Waals surface area (Å²) in [6, 6.07) is 2.59. The summed E-state index contributed by atoms with van der Waals surface area (Å²) in [6.07, 6.45) is 0.918. The van der Waals surface area contributed by atoms with Gasteiger partial charge in [0.25, 0.3) is 0 Å². The van der Waals surface area contributed by atoms with E-state index in [0.717, 1.165) is 12.5 Å². The fourth-order valence-electron chi connectivity index (χ4n) is 2.56. The number of benzene rings is 1. The number of carboxylic acid groups (broad SMARTS) is 1. The monoisotopic (exact) mass is 255 g/mol. The van der Waals surface area contributed by atoms with Crippen LogP contribution in [0.1, 0.15) is 30.6 Å². The van der Waals surface area contributed by atoms with Gasteiger partial charge in [0.1, 0.15) is 0 Å². The number of carboxylic acids is 1. The summed E-state index contributed by atoms with van der Waals surface area (Å²) in [5.74, 6) is -3.40. The van der Waals surface area contributed by atoms with Crippen LogP contribution in [-0.4, -0.2) is 23.7 Å². The van der Waals surface area contributed by atoms with Crippen LogP contribution < -0.4 is 4.90 Å². The van der Waals surface area contributed by atoms with Crippen LogP contribution in [0.5, 0.6) is 0 Å². The summed E-state index contributed by atoms with van der Waals surface area (Å²) >= 11 is 0. The summed E-state index contributed by atoms with van der Waals surface area (Å²) in [6.45, 7) is 4.66. The van der Waals surface area contributed by atoms with Crippen molar-refractivity contribution in [3.8, 4) is 0 Å². The molecule has 1 heterocycles. The second kappa shape index (κ2) is 4.55.